The summed E-state index contributed by atoms with van der Waals surface area (Å²) in [5.74, 6) is -1.15. The van der Waals surface area contributed by atoms with Crippen LogP contribution in [0.2, 0.25) is 0 Å². The number of fused-ring (bicyclic) bond motifs is 1. The maximum absolute atomic E-state index is 13.0. The first kappa shape index (κ1) is 27.9. The minimum absolute atomic E-state index is 0.166. The molecule has 1 fully saturated rings. The third-order valence-corrected chi connectivity index (χ3v) is 9.54. The van der Waals surface area contributed by atoms with Crippen LogP contribution in [0.15, 0.2) is 83.9 Å². The van der Waals surface area contributed by atoms with Gasteiger partial charge in [-0.25, -0.2) is 0 Å². The topological polar surface area (TPSA) is 109 Å². The third kappa shape index (κ3) is 5.23. The van der Waals surface area contributed by atoms with Gasteiger partial charge in [0.15, 0.2) is 0 Å². The number of hydrogen-bond acceptors (Lipinski definition) is 7. The molecule has 3 heterocycles. The van der Waals surface area contributed by atoms with Crippen molar-refractivity contribution in [3.05, 3.63) is 96.0 Å². The van der Waals surface area contributed by atoms with Gasteiger partial charge < -0.3 is 26.2 Å². The molecular formula is C32H35N7O2S. The van der Waals surface area contributed by atoms with E-state index in [1.165, 1.54) is 17.4 Å². The number of nitrogens with one attached hydrogen (secondary N) is 2. The Kier molecular flexibility index (Phi) is 7.42. The Bertz CT molecular complexity index is 1620. The quantitative estimate of drug-likeness (QED) is 0.361. The zero-order valence-corrected chi connectivity index (χ0v) is 24.8. The molecule has 3 aliphatic rings. The number of rotatable bonds is 7. The molecule has 1 aromatic heterocycles. The van der Waals surface area contributed by atoms with Crippen molar-refractivity contribution in [1.82, 2.24) is 14.7 Å². The van der Waals surface area contributed by atoms with E-state index in [0.717, 1.165) is 59.4 Å². The molecule has 9 nitrogen and oxygen atoms in total. The Morgan fingerprint density at radius 1 is 1.10 bits per heavy atom. The lowest BCUT2D eigenvalue weighted by molar-refractivity contribution is -0.121. The van der Waals surface area contributed by atoms with Crippen molar-refractivity contribution < 1.29 is 9.59 Å². The van der Waals surface area contributed by atoms with Crippen LogP contribution in [0.1, 0.15) is 17.0 Å². The smallest absolute Gasteiger partial charge is 0.257 e. The van der Waals surface area contributed by atoms with Crippen LogP contribution in [0, 0.1) is 12.8 Å². The highest BCUT2D eigenvalue weighted by molar-refractivity contribution is 8.00. The Morgan fingerprint density at radius 3 is 2.55 bits per heavy atom. The van der Waals surface area contributed by atoms with Gasteiger partial charge in [-0.2, -0.15) is 5.10 Å². The lowest BCUT2D eigenvalue weighted by atomic mass is 9.84. The highest BCUT2D eigenvalue weighted by Gasteiger charge is 2.45. The van der Waals surface area contributed by atoms with Gasteiger partial charge in [-0.1, -0.05) is 30.4 Å². The maximum Gasteiger partial charge on any atom is 0.257 e. The van der Waals surface area contributed by atoms with Crippen molar-refractivity contribution in [3.8, 4) is 0 Å². The summed E-state index contributed by atoms with van der Waals surface area (Å²) in [7, 11) is 4.03. The second-order valence-electron chi connectivity index (χ2n) is 11.0. The number of carbonyl (C=O) groups is 2. The maximum atomic E-state index is 13.0. The molecule has 0 saturated carbocycles. The predicted octanol–water partition coefficient (Wildman–Crippen LogP) is 4.10. The van der Waals surface area contributed by atoms with Crippen molar-refractivity contribution >= 4 is 46.2 Å². The van der Waals surface area contributed by atoms with Crippen molar-refractivity contribution in [2.75, 3.05) is 48.8 Å². The SMILES string of the molecule is Cc1cc(C2(Sc3ccc4c(c3)NC(=O)/C4=C/Nc3ccc(N4CCN(C)CC4)cc3)C=CC=CC2C(N)=O)n(C)n1. The highest BCUT2D eigenvalue weighted by atomic mass is 32.2. The van der Waals surface area contributed by atoms with Gasteiger partial charge in [0.05, 0.1) is 33.3 Å². The fourth-order valence-corrected chi connectivity index (χ4v) is 7.33. The van der Waals surface area contributed by atoms with Crippen molar-refractivity contribution in [1.29, 1.82) is 0 Å². The van der Waals surface area contributed by atoms with E-state index in [4.69, 9.17) is 5.73 Å². The van der Waals surface area contributed by atoms with Gasteiger partial charge in [-0.15, -0.1) is 11.8 Å². The van der Waals surface area contributed by atoms with Crippen molar-refractivity contribution in [2.45, 2.75) is 16.6 Å². The van der Waals surface area contributed by atoms with E-state index in [1.54, 1.807) is 10.9 Å². The van der Waals surface area contributed by atoms with Gasteiger partial charge >= 0.3 is 0 Å². The molecule has 216 valence electrons. The fraction of sp³-hybridized carbons (Fsp3) is 0.281. The summed E-state index contributed by atoms with van der Waals surface area (Å²) in [5, 5.41) is 10.8. The average Bonchev–Trinajstić information content (AvgIpc) is 3.49. The summed E-state index contributed by atoms with van der Waals surface area (Å²) in [6, 6.07) is 16.2. The molecule has 0 spiro atoms. The molecule has 0 bridgehead atoms. The minimum atomic E-state index is -0.788. The van der Waals surface area contributed by atoms with Crippen molar-refractivity contribution in [3.63, 3.8) is 0 Å². The monoisotopic (exact) mass is 581 g/mol. The van der Waals surface area contributed by atoms with Crippen LogP contribution in [0.5, 0.6) is 0 Å². The van der Waals surface area contributed by atoms with Gasteiger partial charge in [-0.05, 0) is 56.4 Å². The molecule has 2 aliphatic heterocycles. The number of anilines is 3. The van der Waals surface area contributed by atoms with E-state index >= 15 is 0 Å². The number of allylic oxidation sites excluding steroid dienone is 2. The molecule has 2 aromatic carbocycles. The minimum Gasteiger partial charge on any atom is -0.369 e. The number of hydrogen-bond donors (Lipinski definition) is 3. The lowest BCUT2D eigenvalue weighted by Gasteiger charge is -2.36. The Hall–Kier alpha value is -4.28. The molecule has 1 aliphatic carbocycles. The average molecular weight is 582 g/mol. The number of nitrogens with two attached hydrogens (primary N) is 1. The number of likely N-dealkylation sites (N-methyl/N-ethyl adjacent to an activating group) is 1. The normalized spacial score (nSPS) is 22.8. The molecule has 2 unspecified atom stereocenters. The molecule has 2 amide bonds. The largest absolute Gasteiger partial charge is 0.369 e. The van der Waals surface area contributed by atoms with Crippen molar-refractivity contribution in [2.24, 2.45) is 18.7 Å². The van der Waals surface area contributed by atoms with E-state index in [1.807, 2.05) is 74.7 Å². The van der Waals surface area contributed by atoms with Crippen LogP contribution >= 0.6 is 11.8 Å². The standard InChI is InChI=1S/C32H35N7O2S/c1-21-18-29(38(3)36-21)32(13-5-4-6-27(32)30(33)40)42-24-11-12-25-26(31(41)35-28(25)19-24)20-34-22-7-9-23(10-8-22)39-16-14-37(2)15-17-39/h4-13,18-20,27,34H,14-17H2,1-3H3,(H2,33,40)(H,35,41)/b26-20+. The highest BCUT2D eigenvalue weighted by Crippen LogP contribution is 2.51. The fourth-order valence-electron chi connectivity index (χ4n) is 5.86. The molecule has 6 rings (SSSR count). The zero-order chi connectivity index (χ0) is 29.4. The molecule has 10 heteroatoms. The molecular weight excluding hydrogens is 546 g/mol. The summed E-state index contributed by atoms with van der Waals surface area (Å²) in [6.07, 6.45) is 9.41. The second kappa shape index (κ2) is 11.2. The lowest BCUT2D eigenvalue weighted by Crippen LogP contribution is -2.44. The van der Waals surface area contributed by atoms with E-state index < -0.39 is 16.6 Å². The molecule has 3 aromatic rings. The number of amides is 2. The van der Waals surface area contributed by atoms with E-state index in [-0.39, 0.29) is 5.91 Å². The number of benzene rings is 2. The van der Waals surface area contributed by atoms with Crippen LogP contribution in [0.4, 0.5) is 17.1 Å². The molecule has 0 radical (unpaired) electrons. The summed E-state index contributed by atoms with van der Waals surface area (Å²) in [4.78, 5) is 31.3. The molecule has 4 N–H and O–H groups in total. The zero-order valence-electron chi connectivity index (χ0n) is 24.0. The summed E-state index contributed by atoms with van der Waals surface area (Å²) in [5.41, 5.74) is 11.9. The Labute approximate surface area is 250 Å². The molecule has 1 saturated heterocycles. The van der Waals surface area contributed by atoms with Crippen LogP contribution in [0.25, 0.3) is 5.57 Å². The number of carbonyl (C=O) groups excluding carboxylic acids is 2. The Morgan fingerprint density at radius 2 is 1.86 bits per heavy atom. The van der Waals surface area contributed by atoms with Crippen LogP contribution in [-0.4, -0.2) is 59.7 Å². The van der Waals surface area contributed by atoms with Crippen LogP contribution < -0.4 is 21.3 Å². The number of aromatic nitrogens is 2. The van der Waals surface area contributed by atoms with Crippen LogP contribution in [-0.2, 0) is 21.4 Å². The number of primary amides is 1. The van der Waals surface area contributed by atoms with Crippen LogP contribution in [0.3, 0.4) is 0 Å². The van der Waals surface area contributed by atoms with E-state index in [2.05, 4.69) is 44.7 Å². The first-order valence-electron chi connectivity index (χ1n) is 14.0. The van der Waals surface area contributed by atoms with Gasteiger partial charge in [-0.3, -0.25) is 14.3 Å². The summed E-state index contributed by atoms with van der Waals surface area (Å²) < 4.78 is 1.02. The Balaban J connectivity index is 1.23. The summed E-state index contributed by atoms with van der Waals surface area (Å²) >= 11 is 1.53. The molecule has 2 atom stereocenters. The third-order valence-electron chi connectivity index (χ3n) is 8.11. The first-order valence-corrected chi connectivity index (χ1v) is 14.9. The second-order valence-corrected chi connectivity index (χ2v) is 12.4. The van der Waals surface area contributed by atoms with Gasteiger partial charge in [0.1, 0.15) is 0 Å². The van der Waals surface area contributed by atoms with E-state index in [9.17, 15) is 9.59 Å². The number of piperazine rings is 1. The first-order chi connectivity index (χ1) is 20.2. The molecule has 42 heavy (non-hydrogen) atoms. The summed E-state index contributed by atoms with van der Waals surface area (Å²) in [6.45, 7) is 6.08. The van der Waals surface area contributed by atoms with E-state index in [0.29, 0.717) is 5.57 Å². The van der Waals surface area contributed by atoms with Gasteiger partial charge in [0.25, 0.3) is 5.91 Å². The number of nitrogens with zero attached hydrogens (tertiary/aromatic N) is 4. The van der Waals surface area contributed by atoms with Gasteiger partial charge in [0.2, 0.25) is 5.91 Å². The predicted molar refractivity (Wildman–Crippen MR) is 169 cm³/mol. The number of aryl methyl sites for hydroxylation is 2. The van der Waals surface area contributed by atoms with Gasteiger partial charge in [0, 0.05) is 61.3 Å². The number of thioether (sulfide) groups is 1.